The molecule has 1 aliphatic carbocycles. The molecule has 0 spiro atoms. The van der Waals surface area contributed by atoms with Gasteiger partial charge in [-0.3, -0.25) is 4.79 Å². The zero-order chi connectivity index (χ0) is 24.1. The van der Waals surface area contributed by atoms with E-state index in [9.17, 15) is 4.79 Å². The third kappa shape index (κ3) is 5.76. The molecular formula is C30H31NO3. The molecule has 2 atom stereocenters. The highest BCUT2D eigenvalue weighted by Crippen LogP contribution is 2.36. The van der Waals surface area contributed by atoms with Gasteiger partial charge in [-0.05, 0) is 87.4 Å². The Balaban J connectivity index is 1.57. The summed E-state index contributed by atoms with van der Waals surface area (Å²) in [5.41, 5.74) is 2.74. The van der Waals surface area contributed by atoms with Gasteiger partial charge < -0.3 is 14.4 Å². The van der Waals surface area contributed by atoms with Gasteiger partial charge in [-0.2, -0.15) is 0 Å². The SMILES string of the molecule is CC1C=CC=CC1C(=O)Oc1ccc(N(c2ccccc2)c2ccc(OC(C)(C)C)cc2)cc1. The first-order chi connectivity index (χ1) is 16.3. The third-order valence-electron chi connectivity index (χ3n) is 5.53. The average molecular weight is 454 g/mol. The molecule has 2 unspecified atom stereocenters. The molecule has 4 heteroatoms. The van der Waals surface area contributed by atoms with E-state index in [0.717, 1.165) is 22.8 Å². The molecule has 0 fully saturated rings. The molecule has 0 heterocycles. The normalized spacial score (nSPS) is 17.3. The van der Waals surface area contributed by atoms with E-state index in [1.807, 2.05) is 119 Å². The van der Waals surface area contributed by atoms with E-state index in [-0.39, 0.29) is 23.4 Å². The van der Waals surface area contributed by atoms with Crippen LogP contribution in [-0.2, 0) is 4.79 Å². The van der Waals surface area contributed by atoms with Crippen LogP contribution in [0.25, 0.3) is 0 Å². The van der Waals surface area contributed by atoms with Crippen molar-refractivity contribution in [3.8, 4) is 11.5 Å². The second-order valence-corrected chi connectivity index (χ2v) is 9.45. The Kier molecular flexibility index (Phi) is 6.87. The van der Waals surface area contributed by atoms with E-state index in [2.05, 4.69) is 17.0 Å². The molecule has 4 nitrogen and oxygen atoms in total. The van der Waals surface area contributed by atoms with Crippen LogP contribution in [0, 0.1) is 11.8 Å². The van der Waals surface area contributed by atoms with Gasteiger partial charge in [-0.15, -0.1) is 0 Å². The first-order valence-electron chi connectivity index (χ1n) is 11.6. The fourth-order valence-electron chi connectivity index (χ4n) is 3.90. The van der Waals surface area contributed by atoms with Crippen LogP contribution in [0.1, 0.15) is 27.7 Å². The molecule has 1 aliphatic rings. The van der Waals surface area contributed by atoms with E-state index < -0.39 is 0 Å². The Morgan fingerprint density at radius 2 is 1.26 bits per heavy atom. The first kappa shape index (κ1) is 23.4. The number of benzene rings is 3. The number of allylic oxidation sites excluding steroid dienone is 3. The van der Waals surface area contributed by atoms with E-state index in [1.165, 1.54) is 0 Å². The molecule has 0 amide bonds. The van der Waals surface area contributed by atoms with Crippen LogP contribution < -0.4 is 14.4 Å². The van der Waals surface area contributed by atoms with Crippen molar-refractivity contribution >= 4 is 23.0 Å². The lowest BCUT2D eigenvalue weighted by atomic mass is 9.90. The number of hydrogen-bond donors (Lipinski definition) is 0. The third-order valence-corrected chi connectivity index (χ3v) is 5.53. The fourth-order valence-corrected chi connectivity index (χ4v) is 3.90. The topological polar surface area (TPSA) is 38.8 Å². The Morgan fingerprint density at radius 1 is 0.735 bits per heavy atom. The molecule has 3 aromatic rings. The van der Waals surface area contributed by atoms with Crippen LogP contribution in [0.15, 0.2) is 103 Å². The minimum atomic E-state index is -0.265. The van der Waals surface area contributed by atoms with E-state index >= 15 is 0 Å². The average Bonchev–Trinajstić information content (AvgIpc) is 2.81. The summed E-state index contributed by atoms with van der Waals surface area (Å²) in [4.78, 5) is 14.8. The number of anilines is 3. The summed E-state index contributed by atoms with van der Waals surface area (Å²) in [6, 6.07) is 25.9. The van der Waals surface area contributed by atoms with Gasteiger partial charge in [-0.1, -0.05) is 49.4 Å². The summed E-state index contributed by atoms with van der Waals surface area (Å²) in [5, 5.41) is 0. The summed E-state index contributed by atoms with van der Waals surface area (Å²) >= 11 is 0. The van der Waals surface area contributed by atoms with Crippen molar-refractivity contribution in [2.24, 2.45) is 11.8 Å². The number of ether oxygens (including phenoxy) is 2. The number of para-hydroxylation sites is 1. The quantitative estimate of drug-likeness (QED) is 0.284. The lowest BCUT2D eigenvalue weighted by Crippen LogP contribution is -2.24. The largest absolute Gasteiger partial charge is 0.488 e. The van der Waals surface area contributed by atoms with Crippen molar-refractivity contribution in [3.05, 3.63) is 103 Å². The molecular weight excluding hydrogens is 422 g/mol. The van der Waals surface area contributed by atoms with Crippen LogP contribution in [0.2, 0.25) is 0 Å². The predicted molar refractivity (Wildman–Crippen MR) is 138 cm³/mol. The van der Waals surface area contributed by atoms with Crippen LogP contribution in [0.4, 0.5) is 17.1 Å². The van der Waals surface area contributed by atoms with Crippen molar-refractivity contribution in [3.63, 3.8) is 0 Å². The lowest BCUT2D eigenvalue weighted by molar-refractivity contribution is -0.138. The summed E-state index contributed by atoms with van der Waals surface area (Å²) < 4.78 is 11.7. The molecule has 0 aromatic heterocycles. The number of rotatable bonds is 6. The Hall–Kier alpha value is -3.79. The van der Waals surface area contributed by atoms with Crippen molar-refractivity contribution < 1.29 is 14.3 Å². The zero-order valence-corrected chi connectivity index (χ0v) is 20.1. The number of nitrogens with zero attached hydrogens (tertiary/aromatic N) is 1. The van der Waals surface area contributed by atoms with Gasteiger partial charge in [0.05, 0.1) is 5.92 Å². The highest BCUT2D eigenvalue weighted by Gasteiger charge is 2.24. The summed E-state index contributed by atoms with van der Waals surface area (Å²) in [7, 11) is 0. The Morgan fingerprint density at radius 3 is 1.82 bits per heavy atom. The van der Waals surface area contributed by atoms with Gasteiger partial charge in [-0.25, -0.2) is 0 Å². The minimum absolute atomic E-state index is 0.121. The Bertz CT molecular complexity index is 1160. The molecule has 0 saturated heterocycles. The zero-order valence-electron chi connectivity index (χ0n) is 20.1. The van der Waals surface area contributed by atoms with Gasteiger partial charge in [0.25, 0.3) is 0 Å². The Labute approximate surface area is 202 Å². The molecule has 0 aliphatic heterocycles. The van der Waals surface area contributed by atoms with Gasteiger partial charge >= 0.3 is 5.97 Å². The second-order valence-electron chi connectivity index (χ2n) is 9.45. The molecule has 0 N–H and O–H groups in total. The molecule has 0 radical (unpaired) electrons. The van der Waals surface area contributed by atoms with Gasteiger partial charge in [0.15, 0.2) is 0 Å². The van der Waals surface area contributed by atoms with Crippen molar-refractivity contribution in [2.75, 3.05) is 4.90 Å². The van der Waals surface area contributed by atoms with Gasteiger partial charge in [0.1, 0.15) is 17.1 Å². The van der Waals surface area contributed by atoms with Gasteiger partial charge in [0.2, 0.25) is 0 Å². The molecule has 4 rings (SSSR count). The van der Waals surface area contributed by atoms with Crippen LogP contribution in [-0.4, -0.2) is 11.6 Å². The predicted octanol–water partition coefficient (Wildman–Crippen LogP) is 7.62. The maximum absolute atomic E-state index is 12.6. The van der Waals surface area contributed by atoms with Crippen LogP contribution in [0.3, 0.4) is 0 Å². The smallest absolute Gasteiger partial charge is 0.318 e. The van der Waals surface area contributed by atoms with E-state index in [4.69, 9.17) is 9.47 Å². The number of carbonyl (C=O) groups excluding carboxylic acids is 1. The van der Waals surface area contributed by atoms with Gasteiger partial charge in [0, 0.05) is 17.1 Å². The minimum Gasteiger partial charge on any atom is -0.488 e. The molecule has 0 saturated carbocycles. The number of esters is 1. The van der Waals surface area contributed by atoms with E-state index in [1.54, 1.807) is 0 Å². The standard InChI is InChI=1S/C30H31NO3/c1-22-10-8-9-13-28(22)29(32)33-26-18-14-24(15-19-26)31(23-11-6-5-7-12-23)25-16-20-27(21-17-25)34-30(2,3)4/h5-22,28H,1-4H3. The maximum atomic E-state index is 12.6. The number of carbonyl (C=O) groups is 1. The summed E-state index contributed by atoms with van der Waals surface area (Å²) in [6.07, 6.45) is 7.77. The second kappa shape index (κ2) is 10.0. The number of hydrogen-bond acceptors (Lipinski definition) is 4. The highest BCUT2D eigenvalue weighted by atomic mass is 16.5. The lowest BCUT2D eigenvalue weighted by Gasteiger charge is -2.26. The first-order valence-corrected chi connectivity index (χ1v) is 11.6. The summed E-state index contributed by atoms with van der Waals surface area (Å²) in [5.74, 6) is 0.975. The molecule has 174 valence electrons. The highest BCUT2D eigenvalue weighted by molar-refractivity contribution is 5.79. The molecule has 34 heavy (non-hydrogen) atoms. The van der Waals surface area contributed by atoms with Crippen molar-refractivity contribution in [2.45, 2.75) is 33.3 Å². The molecule has 3 aromatic carbocycles. The maximum Gasteiger partial charge on any atom is 0.318 e. The van der Waals surface area contributed by atoms with Crippen molar-refractivity contribution in [1.29, 1.82) is 0 Å². The van der Waals surface area contributed by atoms with Crippen molar-refractivity contribution in [1.82, 2.24) is 0 Å². The van der Waals surface area contributed by atoms with Crippen LogP contribution >= 0.6 is 0 Å². The monoisotopic (exact) mass is 453 g/mol. The molecule has 0 bridgehead atoms. The summed E-state index contributed by atoms with van der Waals surface area (Å²) in [6.45, 7) is 8.12. The van der Waals surface area contributed by atoms with Crippen LogP contribution in [0.5, 0.6) is 11.5 Å². The van der Waals surface area contributed by atoms with E-state index in [0.29, 0.717) is 5.75 Å². The fraction of sp³-hybridized carbons (Fsp3) is 0.233.